The zero-order chi connectivity index (χ0) is 16.4. The molecular weight excluding hydrogens is 276 g/mol. The smallest absolute Gasteiger partial charge is 0.256 e. The lowest BCUT2D eigenvalue weighted by molar-refractivity contribution is -0.157. The molecule has 4 nitrogen and oxygen atoms in total. The van der Waals surface area contributed by atoms with Crippen LogP contribution in [-0.2, 0) is 11.3 Å². The molecule has 1 amide bonds. The zero-order valence-electron chi connectivity index (χ0n) is 14.1. The van der Waals surface area contributed by atoms with E-state index in [9.17, 15) is 9.90 Å². The van der Waals surface area contributed by atoms with Gasteiger partial charge in [0.15, 0.2) is 5.60 Å². The third-order valence-corrected chi connectivity index (χ3v) is 4.07. The van der Waals surface area contributed by atoms with Gasteiger partial charge in [-0.25, -0.2) is 0 Å². The number of piperidine rings is 1. The molecule has 1 heterocycles. The predicted molar refractivity (Wildman–Crippen MR) is 88.5 cm³/mol. The van der Waals surface area contributed by atoms with Crippen LogP contribution in [0.25, 0.3) is 0 Å². The van der Waals surface area contributed by atoms with Crippen LogP contribution < -0.4 is 5.32 Å². The summed E-state index contributed by atoms with van der Waals surface area (Å²) in [6.45, 7) is 9.74. The number of hydrogen-bond acceptors (Lipinski definition) is 3. The number of likely N-dealkylation sites (tertiary alicyclic amines) is 1. The van der Waals surface area contributed by atoms with Gasteiger partial charge in [-0.05, 0) is 46.1 Å². The van der Waals surface area contributed by atoms with Crippen LogP contribution in [0.3, 0.4) is 0 Å². The molecule has 2 N–H and O–H groups in total. The molecule has 1 aliphatic rings. The molecule has 1 fully saturated rings. The van der Waals surface area contributed by atoms with E-state index in [1.807, 2.05) is 45.9 Å². The first-order valence-electron chi connectivity index (χ1n) is 8.02. The lowest BCUT2D eigenvalue weighted by atomic mass is 9.90. The first-order chi connectivity index (χ1) is 10.2. The molecule has 0 radical (unpaired) electrons. The summed E-state index contributed by atoms with van der Waals surface area (Å²) in [4.78, 5) is 14.5. The summed E-state index contributed by atoms with van der Waals surface area (Å²) >= 11 is 0. The Bertz CT molecular complexity index is 536. The van der Waals surface area contributed by atoms with Crippen LogP contribution in [0.4, 0.5) is 0 Å². The van der Waals surface area contributed by atoms with Crippen molar-refractivity contribution in [1.82, 2.24) is 10.2 Å². The van der Waals surface area contributed by atoms with Crippen LogP contribution in [-0.4, -0.2) is 40.1 Å². The SMILES string of the molecule is Cc1cccc(CN2CCC[C@@](O)(CNC(C)(C)C)C2=O)c1. The monoisotopic (exact) mass is 304 g/mol. The van der Waals surface area contributed by atoms with Crippen LogP contribution in [0.1, 0.15) is 44.7 Å². The minimum absolute atomic E-state index is 0.116. The second-order valence-corrected chi connectivity index (χ2v) is 7.45. The molecule has 4 heteroatoms. The molecule has 0 aromatic heterocycles. The van der Waals surface area contributed by atoms with E-state index in [1.54, 1.807) is 4.90 Å². The van der Waals surface area contributed by atoms with Crippen molar-refractivity contribution in [3.8, 4) is 0 Å². The number of nitrogens with zero attached hydrogens (tertiary/aromatic N) is 1. The highest BCUT2D eigenvalue weighted by atomic mass is 16.3. The van der Waals surface area contributed by atoms with E-state index in [1.165, 1.54) is 5.56 Å². The van der Waals surface area contributed by atoms with Crippen molar-refractivity contribution in [2.24, 2.45) is 0 Å². The van der Waals surface area contributed by atoms with Crippen LogP contribution >= 0.6 is 0 Å². The number of rotatable bonds is 4. The van der Waals surface area contributed by atoms with Crippen LogP contribution in [0.5, 0.6) is 0 Å². The molecular formula is C18H28N2O2. The lowest BCUT2D eigenvalue weighted by Gasteiger charge is -2.39. The summed E-state index contributed by atoms with van der Waals surface area (Å²) in [5, 5.41) is 14.0. The molecule has 0 spiro atoms. The summed E-state index contributed by atoms with van der Waals surface area (Å²) in [6, 6.07) is 8.17. The van der Waals surface area contributed by atoms with Crippen molar-refractivity contribution in [3.05, 3.63) is 35.4 Å². The third kappa shape index (κ3) is 4.31. The second-order valence-electron chi connectivity index (χ2n) is 7.45. The first-order valence-corrected chi connectivity index (χ1v) is 8.02. The highest BCUT2D eigenvalue weighted by Crippen LogP contribution is 2.24. The average molecular weight is 304 g/mol. The highest BCUT2D eigenvalue weighted by Gasteiger charge is 2.42. The molecule has 1 aromatic carbocycles. The number of β-amino-alcohol motifs (C(OH)–C–C–N with tert-alkyl or cyclic N) is 1. The standard InChI is InChI=1S/C18H28N2O2/c1-14-7-5-8-15(11-14)12-20-10-6-9-18(22,16(20)21)13-19-17(2,3)4/h5,7-8,11,19,22H,6,9-10,12-13H2,1-4H3/t18-/m1/s1. The summed E-state index contributed by atoms with van der Waals surface area (Å²) in [5.74, 6) is -0.156. The van der Waals surface area contributed by atoms with Gasteiger partial charge in [-0.15, -0.1) is 0 Å². The van der Waals surface area contributed by atoms with E-state index in [4.69, 9.17) is 0 Å². The van der Waals surface area contributed by atoms with Gasteiger partial charge in [0, 0.05) is 25.2 Å². The summed E-state index contributed by atoms with van der Waals surface area (Å²) in [7, 11) is 0. The number of benzene rings is 1. The van der Waals surface area contributed by atoms with Crippen LogP contribution in [0.2, 0.25) is 0 Å². The Morgan fingerprint density at radius 3 is 2.73 bits per heavy atom. The Morgan fingerprint density at radius 2 is 2.09 bits per heavy atom. The normalized spacial score (nSPS) is 23.0. The maximum absolute atomic E-state index is 12.7. The van der Waals surface area contributed by atoms with Gasteiger partial charge in [-0.1, -0.05) is 29.8 Å². The summed E-state index contributed by atoms with van der Waals surface area (Å²) in [5.41, 5.74) is 0.900. The summed E-state index contributed by atoms with van der Waals surface area (Å²) in [6.07, 6.45) is 1.36. The fourth-order valence-corrected chi connectivity index (χ4v) is 2.82. The number of carbonyl (C=O) groups excluding carboxylic acids is 1. The molecule has 0 bridgehead atoms. The van der Waals surface area contributed by atoms with Crippen LogP contribution in [0.15, 0.2) is 24.3 Å². The maximum Gasteiger partial charge on any atom is 0.256 e. The van der Waals surface area contributed by atoms with Crippen molar-refractivity contribution >= 4 is 5.91 Å². The number of nitrogens with one attached hydrogen (secondary N) is 1. The van der Waals surface area contributed by atoms with Crippen molar-refractivity contribution in [3.63, 3.8) is 0 Å². The molecule has 122 valence electrons. The van der Waals surface area contributed by atoms with Gasteiger partial charge in [0.2, 0.25) is 0 Å². The van der Waals surface area contributed by atoms with E-state index >= 15 is 0 Å². The van der Waals surface area contributed by atoms with Gasteiger partial charge in [-0.3, -0.25) is 4.79 Å². The van der Waals surface area contributed by atoms with E-state index in [2.05, 4.69) is 11.4 Å². The average Bonchev–Trinajstić information content (AvgIpc) is 2.42. The number of carbonyl (C=O) groups is 1. The van der Waals surface area contributed by atoms with Crippen molar-refractivity contribution in [2.45, 2.75) is 58.2 Å². The predicted octanol–water partition coefficient (Wildman–Crippen LogP) is 2.24. The summed E-state index contributed by atoms with van der Waals surface area (Å²) < 4.78 is 0. The number of hydrogen-bond donors (Lipinski definition) is 2. The Labute approximate surface area is 133 Å². The number of amides is 1. The highest BCUT2D eigenvalue weighted by molar-refractivity contribution is 5.86. The van der Waals surface area contributed by atoms with Gasteiger partial charge >= 0.3 is 0 Å². The topological polar surface area (TPSA) is 52.6 Å². The van der Waals surface area contributed by atoms with Gasteiger partial charge in [0.25, 0.3) is 5.91 Å². The Kier molecular flexibility index (Phi) is 4.93. The van der Waals surface area contributed by atoms with E-state index in [0.29, 0.717) is 26.1 Å². The van der Waals surface area contributed by atoms with Crippen LogP contribution in [0, 0.1) is 6.92 Å². The zero-order valence-corrected chi connectivity index (χ0v) is 14.1. The maximum atomic E-state index is 12.7. The molecule has 1 saturated heterocycles. The van der Waals surface area contributed by atoms with E-state index < -0.39 is 5.60 Å². The third-order valence-electron chi connectivity index (χ3n) is 4.07. The minimum atomic E-state index is -1.28. The Morgan fingerprint density at radius 1 is 1.36 bits per heavy atom. The molecule has 1 atom stereocenters. The second kappa shape index (κ2) is 6.39. The minimum Gasteiger partial charge on any atom is -0.379 e. The van der Waals surface area contributed by atoms with Gasteiger partial charge in [0.1, 0.15) is 0 Å². The van der Waals surface area contributed by atoms with Gasteiger partial charge in [0.05, 0.1) is 0 Å². The number of aliphatic hydroxyl groups is 1. The first kappa shape index (κ1) is 17.0. The molecule has 1 aliphatic heterocycles. The van der Waals surface area contributed by atoms with Crippen molar-refractivity contribution in [2.75, 3.05) is 13.1 Å². The fourth-order valence-electron chi connectivity index (χ4n) is 2.82. The van der Waals surface area contributed by atoms with Gasteiger partial charge < -0.3 is 15.3 Å². The van der Waals surface area contributed by atoms with Gasteiger partial charge in [-0.2, -0.15) is 0 Å². The Balaban J connectivity index is 2.06. The molecule has 22 heavy (non-hydrogen) atoms. The van der Waals surface area contributed by atoms with Crippen molar-refractivity contribution in [1.29, 1.82) is 0 Å². The van der Waals surface area contributed by atoms with E-state index in [0.717, 1.165) is 12.0 Å². The molecule has 1 aromatic rings. The number of aryl methyl sites for hydroxylation is 1. The molecule has 2 rings (SSSR count). The quantitative estimate of drug-likeness (QED) is 0.897. The Hall–Kier alpha value is -1.39. The largest absolute Gasteiger partial charge is 0.379 e. The lowest BCUT2D eigenvalue weighted by Crippen LogP contribution is -2.59. The fraction of sp³-hybridized carbons (Fsp3) is 0.611. The van der Waals surface area contributed by atoms with E-state index in [-0.39, 0.29) is 11.4 Å². The molecule has 0 aliphatic carbocycles. The van der Waals surface area contributed by atoms with Crippen molar-refractivity contribution < 1.29 is 9.90 Å². The molecule has 0 saturated carbocycles. The molecule has 0 unspecified atom stereocenters.